The predicted molar refractivity (Wildman–Crippen MR) is 135 cm³/mol. The highest BCUT2D eigenvalue weighted by molar-refractivity contribution is 9.10. The number of rotatable bonds is 6. The van der Waals surface area contributed by atoms with Crippen LogP contribution in [0.5, 0.6) is 5.75 Å². The van der Waals surface area contributed by atoms with Crippen molar-refractivity contribution in [2.24, 2.45) is 0 Å². The summed E-state index contributed by atoms with van der Waals surface area (Å²) in [6.45, 7) is 0.239. The van der Waals surface area contributed by atoms with Crippen molar-refractivity contribution in [3.05, 3.63) is 99.5 Å². The van der Waals surface area contributed by atoms with Gasteiger partial charge in [-0.25, -0.2) is 4.79 Å². The highest BCUT2D eigenvalue weighted by Crippen LogP contribution is 2.29. The van der Waals surface area contributed by atoms with Crippen molar-refractivity contribution < 1.29 is 24.2 Å². The smallest absolute Gasteiger partial charge is 0.335 e. The average Bonchev–Trinajstić information content (AvgIpc) is 2.82. The van der Waals surface area contributed by atoms with Gasteiger partial charge in [0.2, 0.25) is 0 Å². The monoisotopic (exact) mass is 536 g/mol. The summed E-state index contributed by atoms with van der Waals surface area (Å²) in [5.41, 5.74) is 2.14. The van der Waals surface area contributed by atoms with Gasteiger partial charge >= 0.3 is 5.97 Å². The molecule has 2 amide bonds. The lowest BCUT2D eigenvalue weighted by Crippen LogP contribution is -2.54. The zero-order valence-electron chi connectivity index (χ0n) is 17.5. The zero-order valence-corrected chi connectivity index (χ0v) is 19.9. The van der Waals surface area contributed by atoms with E-state index in [4.69, 9.17) is 22.1 Å². The number of para-hydroxylation sites is 1. The van der Waals surface area contributed by atoms with Crippen molar-refractivity contribution in [3.63, 3.8) is 0 Å². The summed E-state index contributed by atoms with van der Waals surface area (Å²) in [6.07, 6.45) is 1.49. The number of anilines is 1. The molecule has 170 valence electrons. The molecule has 34 heavy (non-hydrogen) atoms. The quantitative estimate of drug-likeness (QED) is 0.272. The van der Waals surface area contributed by atoms with E-state index in [9.17, 15) is 14.4 Å². The number of carbonyl (C=O) groups is 3. The summed E-state index contributed by atoms with van der Waals surface area (Å²) in [6, 6.07) is 20.4. The van der Waals surface area contributed by atoms with Crippen LogP contribution in [0.15, 0.2) is 82.8 Å². The van der Waals surface area contributed by atoms with Crippen LogP contribution in [0.4, 0.5) is 5.69 Å². The van der Waals surface area contributed by atoms with Crippen LogP contribution >= 0.6 is 28.1 Å². The second-order valence-electron chi connectivity index (χ2n) is 7.27. The first kappa shape index (κ1) is 23.3. The molecule has 0 spiro atoms. The van der Waals surface area contributed by atoms with Crippen molar-refractivity contribution >= 4 is 62.8 Å². The van der Waals surface area contributed by atoms with Crippen molar-refractivity contribution in [1.82, 2.24) is 5.32 Å². The molecule has 9 heteroatoms. The molecule has 1 aliphatic rings. The molecule has 3 aromatic carbocycles. The Morgan fingerprint density at radius 3 is 2.41 bits per heavy atom. The molecule has 1 aliphatic heterocycles. The summed E-state index contributed by atoms with van der Waals surface area (Å²) in [4.78, 5) is 37.8. The van der Waals surface area contributed by atoms with E-state index in [1.807, 2.05) is 6.07 Å². The number of carbonyl (C=O) groups excluding carboxylic acids is 2. The molecular weight excluding hydrogens is 520 g/mol. The first-order chi connectivity index (χ1) is 16.3. The lowest BCUT2D eigenvalue weighted by molar-refractivity contribution is -0.122. The normalized spacial score (nSPS) is 14.8. The minimum absolute atomic E-state index is 0.0275. The molecule has 2 N–H and O–H groups in total. The molecule has 0 aliphatic carbocycles. The number of ether oxygens (including phenoxy) is 1. The number of nitrogens with zero attached hydrogens (tertiary/aromatic N) is 1. The summed E-state index contributed by atoms with van der Waals surface area (Å²) < 4.78 is 6.44. The number of hydrogen-bond donors (Lipinski definition) is 2. The average molecular weight is 537 g/mol. The van der Waals surface area contributed by atoms with Gasteiger partial charge in [-0.05, 0) is 81.7 Å². The number of aromatic carboxylic acids is 1. The van der Waals surface area contributed by atoms with Gasteiger partial charge in [0.1, 0.15) is 17.9 Å². The van der Waals surface area contributed by atoms with Crippen molar-refractivity contribution in [3.8, 4) is 5.75 Å². The van der Waals surface area contributed by atoms with Crippen molar-refractivity contribution in [2.45, 2.75) is 6.61 Å². The highest BCUT2D eigenvalue weighted by atomic mass is 79.9. The summed E-state index contributed by atoms with van der Waals surface area (Å²) in [5.74, 6) is -1.51. The number of amides is 2. The van der Waals surface area contributed by atoms with Gasteiger partial charge in [0.05, 0.1) is 15.7 Å². The van der Waals surface area contributed by atoms with Crippen LogP contribution in [-0.4, -0.2) is 28.0 Å². The third kappa shape index (κ3) is 5.05. The largest absolute Gasteiger partial charge is 0.488 e. The van der Waals surface area contributed by atoms with E-state index in [-0.39, 0.29) is 22.9 Å². The van der Waals surface area contributed by atoms with Crippen LogP contribution < -0.4 is 15.0 Å². The Balaban J connectivity index is 1.52. The summed E-state index contributed by atoms with van der Waals surface area (Å²) >= 11 is 8.66. The van der Waals surface area contributed by atoms with E-state index in [1.54, 1.807) is 54.6 Å². The van der Waals surface area contributed by atoms with E-state index in [1.165, 1.54) is 23.1 Å². The number of carboxylic acids is 1. The maximum Gasteiger partial charge on any atom is 0.335 e. The van der Waals surface area contributed by atoms with Gasteiger partial charge in [0.25, 0.3) is 11.8 Å². The van der Waals surface area contributed by atoms with Crippen LogP contribution in [0, 0.1) is 0 Å². The van der Waals surface area contributed by atoms with Crippen LogP contribution in [0.25, 0.3) is 6.08 Å². The van der Waals surface area contributed by atoms with Crippen molar-refractivity contribution in [1.29, 1.82) is 0 Å². The van der Waals surface area contributed by atoms with Gasteiger partial charge in [0.15, 0.2) is 5.11 Å². The molecule has 0 radical (unpaired) electrons. The van der Waals surface area contributed by atoms with E-state index in [0.29, 0.717) is 21.5 Å². The number of thiocarbonyl (C=S) groups is 1. The number of benzene rings is 3. The van der Waals surface area contributed by atoms with Crippen LogP contribution in [-0.2, 0) is 16.2 Å². The lowest BCUT2D eigenvalue weighted by Gasteiger charge is -2.28. The number of hydrogen-bond acceptors (Lipinski definition) is 5. The van der Waals surface area contributed by atoms with E-state index < -0.39 is 17.8 Å². The fourth-order valence-corrected chi connectivity index (χ4v) is 4.06. The molecule has 7 nitrogen and oxygen atoms in total. The summed E-state index contributed by atoms with van der Waals surface area (Å²) in [5, 5.41) is 11.6. The third-order valence-corrected chi connectivity index (χ3v) is 5.88. The second-order valence-corrected chi connectivity index (χ2v) is 8.52. The maximum atomic E-state index is 13.1. The zero-order chi connectivity index (χ0) is 24.2. The Labute approximate surface area is 208 Å². The molecule has 1 fully saturated rings. The minimum atomic E-state index is -0.987. The second kappa shape index (κ2) is 9.98. The topological polar surface area (TPSA) is 95.9 Å². The van der Waals surface area contributed by atoms with Gasteiger partial charge < -0.3 is 9.84 Å². The Kier molecular flexibility index (Phi) is 6.85. The number of carboxylic acid groups (broad SMARTS) is 1. The first-order valence-electron chi connectivity index (χ1n) is 10.0. The van der Waals surface area contributed by atoms with Gasteiger partial charge in [-0.2, -0.15) is 0 Å². The first-order valence-corrected chi connectivity index (χ1v) is 11.2. The maximum absolute atomic E-state index is 13.1. The molecule has 1 heterocycles. The SMILES string of the molecule is O=C1NC(=S)N(c2ccccc2)C(=O)/C1=C/c1ccc(OCc2ccc(C(=O)O)cc2)c(Br)c1. The van der Waals surface area contributed by atoms with E-state index >= 15 is 0 Å². The van der Waals surface area contributed by atoms with Crippen LogP contribution in [0.2, 0.25) is 0 Å². The van der Waals surface area contributed by atoms with Crippen molar-refractivity contribution in [2.75, 3.05) is 4.90 Å². The predicted octanol–water partition coefficient (Wildman–Crippen LogP) is 4.56. The molecule has 1 saturated heterocycles. The fourth-order valence-electron chi connectivity index (χ4n) is 3.26. The standard InChI is InChI=1S/C25H17BrN2O5S/c26-20-13-16(8-11-21(20)33-14-15-6-9-17(10-7-15)24(31)32)12-19-22(29)27-25(34)28(23(19)30)18-4-2-1-3-5-18/h1-13H,14H2,(H,31,32)(H,27,29,34)/b19-12+. The van der Waals surface area contributed by atoms with Crippen LogP contribution in [0.3, 0.4) is 0 Å². The van der Waals surface area contributed by atoms with Gasteiger partial charge in [-0.1, -0.05) is 36.4 Å². The molecule has 3 aromatic rings. The van der Waals surface area contributed by atoms with Crippen LogP contribution in [0.1, 0.15) is 21.5 Å². The molecule has 0 atom stereocenters. The minimum Gasteiger partial charge on any atom is -0.488 e. The Morgan fingerprint density at radius 2 is 1.76 bits per heavy atom. The molecule has 4 rings (SSSR count). The van der Waals surface area contributed by atoms with Gasteiger partial charge in [0, 0.05) is 0 Å². The van der Waals surface area contributed by atoms with E-state index in [2.05, 4.69) is 21.2 Å². The highest BCUT2D eigenvalue weighted by Gasteiger charge is 2.34. The molecular formula is C25H17BrN2O5S. The van der Waals surface area contributed by atoms with E-state index in [0.717, 1.165) is 5.56 Å². The Morgan fingerprint density at radius 1 is 1.06 bits per heavy atom. The third-order valence-electron chi connectivity index (χ3n) is 4.98. The fraction of sp³-hybridized carbons (Fsp3) is 0.0400. The number of halogens is 1. The molecule has 0 unspecified atom stereocenters. The lowest BCUT2D eigenvalue weighted by atomic mass is 10.1. The Bertz CT molecular complexity index is 1320. The number of nitrogens with one attached hydrogen (secondary N) is 1. The summed E-state index contributed by atoms with van der Waals surface area (Å²) in [7, 11) is 0. The van der Waals surface area contributed by atoms with Gasteiger partial charge in [-0.3, -0.25) is 19.8 Å². The molecule has 0 bridgehead atoms. The molecule has 0 aromatic heterocycles. The molecule has 0 saturated carbocycles. The Hall–Kier alpha value is -3.82. The van der Waals surface area contributed by atoms with Gasteiger partial charge in [-0.15, -0.1) is 0 Å².